The fraction of sp³-hybridized carbons (Fsp3) is 0.474. The molecule has 1 heterocycles. The molecule has 7 heteroatoms. The first-order chi connectivity index (χ1) is 12.2. The highest BCUT2D eigenvalue weighted by atomic mass is 32.1. The average molecular weight is 375 g/mol. The first kappa shape index (κ1) is 20.0. The SMILES string of the molecule is CCC(C)(C)NC(=O)CN(C(=O)c1csnn1)c1ccc(C(C)C)cc1. The molecule has 0 aliphatic heterocycles. The lowest BCUT2D eigenvalue weighted by Gasteiger charge is -2.27. The van der Waals surface area contributed by atoms with Gasteiger partial charge in [0.05, 0.1) is 0 Å². The molecule has 1 aromatic carbocycles. The number of nitrogens with one attached hydrogen (secondary N) is 1. The van der Waals surface area contributed by atoms with Crippen molar-refractivity contribution in [2.24, 2.45) is 0 Å². The molecule has 2 aromatic rings. The molecule has 0 aliphatic carbocycles. The maximum Gasteiger partial charge on any atom is 0.280 e. The number of nitrogens with zero attached hydrogens (tertiary/aromatic N) is 3. The van der Waals surface area contributed by atoms with Gasteiger partial charge in [-0.15, -0.1) is 5.10 Å². The lowest BCUT2D eigenvalue weighted by Crippen LogP contribution is -2.48. The predicted octanol–water partition coefficient (Wildman–Crippen LogP) is 3.61. The van der Waals surface area contributed by atoms with Gasteiger partial charge in [-0.25, -0.2) is 0 Å². The number of rotatable bonds is 7. The van der Waals surface area contributed by atoms with Crippen LogP contribution in [0, 0.1) is 0 Å². The molecule has 2 amide bonds. The van der Waals surface area contributed by atoms with E-state index in [1.54, 1.807) is 5.38 Å². The molecule has 0 spiro atoms. The summed E-state index contributed by atoms with van der Waals surface area (Å²) in [5, 5.41) is 8.41. The Hall–Kier alpha value is -2.28. The Labute approximate surface area is 158 Å². The van der Waals surface area contributed by atoms with E-state index < -0.39 is 0 Å². The largest absolute Gasteiger partial charge is 0.350 e. The van der Waals surface area contributed by atoms with Crippen LogP contribution in [0.4, 0.5) is 5.69 Å². The number of hydrogen-bond donors (Lipinski definition) is 1. The molecular weight excluding hydrogens is 348 g/mol. The molecular formula is C19H26N4O2S. The van der Waals surface area contributed by atoms with Crippen molar-refractivity contribution in [1.82, 2.24) is 14.9 Å². The molecule has 2 rings (SSSR count). The molecule has 0 bridgehead atoms. The molecule has 0 atom stereocenters. The van der Waals surface area contributed by atoms with Crippen molar-refractivity contribution in [3.63, 3.8) is 0 Å². The van der Waals surface area contributed by atoms with Crippen molar-refractivity contribution < 1.29 is 9.59 Å². The van der Waals surface area contributed by atoms with Gasteiger partial charge in [-0.05, 0) is 55.4 Å². The maximum absolute atomic E-state index is 12.8. The van der Waals surface area contributed by atoms with Gasteiger partial charge in [0.15, 0.2) is 5.69 Å². The van der Waals surface area contributed by atoms with Gasteiger partial charge in [0.25, 0.3) is 5.91 Å². The van der Waals surface area contributed by atoms with E-state index in [1.165, 1.54) is 10.5 Å². The predicted molar refractivity (Wildman–Crippen MR) is 105 cm³/mol. The summed E-state index contributed by atoms with van der Waals surface area (Å²) in [6.07, 6.45) is 0.797. The van der Waals surface area contributed by atoms with Gasteiger partial charge in [-0.3, -0.25) is 14.5 Å². The summed E-state index contributed by atoms with van der Waals surface area (Å²) in [6, 6.07) is 7.69. The number of carbonyl (C=O) groups is 2. The molecule has 140 valence electrons. The highest BCUT2D eigenvalue weighted by molar-refractivity contribution is 7.03. The number of anilines is 1. The summed E-state index contributed by atoms with van der Waals surface area (Å²) >= 11 is 1.11. The van der Waals surface area contributed by atoms with E-state index in [4.69, 9.17) is 0 Å². The first-order valence-electron chi connectivity index (χ1n) is 8.73. The number of benzene rings is 1. The third-order valence-corrected chi connectivity index (χ3v) is 4.86. The van der Waals surface area contributed by atoms with Crippen molar-refractivity contribution >= 4 is 29.0 Å². The monoisotopic (exact) mass is 374 g/mol. The van der Waals surface area contributed by atoms with Crippen LogP contribution in [0.5, 0.6) is 0 Å². The number of amides is 2. The van der Waals surface area contributed by atoms with Crippen molar-refractivity contribution in [2.75, 3.05) is 11.4 Å². The van der Waals surface area contributed by atoms with Crippen LogP contribution in [0.1, 0.15) is 63.0 Å². The van der Waals surface area contributed by atoms with Crippen molar-refractivity contribution in [3.8, 4) is 0 Å². The standard InChI is InChI=1S/C19H26N4O2S/c1-6-19(4,5)20-17(24)11-23(18(25)16-12-26-22-21-16)15-9-7-14(8-10-15)13(2)3/h7-10,12-13H,6,11H2,1-5H3,(H,20,24). The molecule has 6 nitrogen and oxygen atoms in total. The van der Waals surface area contributed by atoms with Gasteiger partial charge in [0.2, 0.25) is 5.91 Å². The molecule has 0 saturated carbocycles. The average Bonchev–Trinajstić information content (AvgIpc) is 3.13. The summed E-state index contributed by atoms with van der Waals surface area (Å²) in [5.41, 5.74) is 1.76. The third kappa shape index (κ3) is 5.11. The summed E-state index contributed by atoms with van der Waals surface area (Å²) in [5.74, 6) is -0.147. The quantitative estimate of drug-likeness (QED) is 0.803. The second-order valence-corrected chi connectivity index (χ2v) is 7.82. The van der Waals surface area contributed by atoms with E-state index in [0.717, 1.165) is 18.0 Å². The Morgan fingerprint density at radius 1 is 1.23 bits per heavy atom. The van der Waals surface area contributed by atoms with Crippen molar-refractivity contribution in [3.05, 3.63) is 40.9 Å². The van der Waals surface area contributed by atoms with E-state index >= 15 is 0 Å². The Balaban J connectivity index is 2.27. The highest BCUT2D eigenvalue weighted by Crippen LogP contribution is 2.22. The van der Waals surface area contributed by atoms with Crippen LogP contribution < -0.4 is 10.2 Å². The van der Waals surface area contributed by atoms with Crippen molar-refractivity contribution in [2.45, 2.75) is 52.5 Å². The zero-order valence-corrected chi connectivity index (χ0v) is 16.8. The van der Waals surface area contributed by atoms with Gasteiger partial charge in [0, 0.05) is 16.6 Å². The lowest BCUT2D eigenvalue weighted by molar-refractivity contribution is -0.121. The summed E-state index contributed by atoms with van der Waals surface area (Å²) < 4.78 is 3.75. The van der Waals surface area contributed by atoms with Crippen molar-refractivity contribution in [1.29, 1.82) is 0 Å². The second-order valence-electron chi connectivity index (χ2n) is 7.21. The molecule has 1 aromatic heterocycles. The van der Waals surface area contributed by atoms with E-state index in [0.29, 0.717) is 11.6 Å². The zero-order chi connectivity index (χ0) is 19.3. The minimum atomic E-state index is -0.333. The Morgan fingerprint density at radius 2 is 1.88 bits per heavy atom. The fourth-order valence-corrected chi connectivity index (χ4v) is 2.79. The van der Waals surface area contributed by atoms with Crippen LogP contribution >= 0.6 is 11.5 Å². The zero-order valence-electron chi connectivity index (χ0n) is 15.9. The summed E-state index contributed by atoms with van der Waals surface area (Å²) in [4.78, 5) is 26.8. The molecule has 0 fully saturated rings. The minimum absolute atomic E-state index is 0.0686. The molecule has 0 unspecified atom stereocenters. The van der Waals surface area contributed by atoms with E-state index in [2.05, 4.69) is 28.8 Å². The van der Waals surface area contributed by atoms with Crippen LogP contribution in [0.2, 0.25) is 0 Å². The third-order valence-electron chi connectivity index (χ3n) is 4.36. The van der Waals surface area contributed by atoms with Gasteiger partial charge in [0.1, 0.15) is 6.54 Å². The number of hydrogen-bond acceptors (Lipinski definition) is 5. The molecule has 0 aliphatic rings. The Kier molecular flexibility index (Phi) is 6.47. The van der Waals surface area contributed by atoms with E-state index in [-0.39, 0.29) is 29.6 Å². The van der Waals surface area contributed by atoms with Crippen LogP contribution in [-0.4, -0.2) is 33.5 Å². The van der Waals surface area contributed by atoms with Crippen LogP contribution in [0.15, 0.2) is 29.6 Å². The normalized spacial score (nSPS) is 11.5. The van der Waals surface area contributed by atoms with Crippen LogP contribution in [0.25, 0.3) is 0 Å². The molecule has 1 N–H and O–H groups in total. The molecule has 0 saturated heterocycles. The minimum Gasteiger partial charge on any atom is -0.350 e. The highest BCUT2D eigenvalue weighted by Gasteiger charge is 2.25. The van der Waals surface area contributed by atoms with Gasteiger partial charge in [-0.1, -0.05) is 37.4 Å². The molecule has 0 radical (unpaired) electrons. The van der Waals surface area contributed by atoms with Crippen LogP contribution in [-0.2, 0) is 4.79 Å². The lowest BCUT2D eigenvalue weighted by atomic mass is 10.0. The topological polar surface area (TPSA) is 75.2 Å². The van der Waals surface area contributed by atoms with Gasteiger partial charge >= 0.3 is 0 Å². The second kappa shape index (κ2) is 8.40. The Morgan fingerprint density at radius 3 is 2.38 bits per heavy atom. The van der Waals surface area contributed by atoms with Gasteiger partial charge < -0.3 is 5.32 Å². The number of carbonyl (C=O) groups excluding carboxylic acids is 2. The first-order valence-corrected chi connectivity index (χ1v) is 9.57. The van der Waals surface area contributed by atoms with E-state index in [1.807, 2.05) is 45.0 Å². The molecule has 26 heavy (non-hydrogen) atoms. The van der Waals surface area contributed by atoms with Gasteiger partial charge in [-0.2, -0.15) is 0 Å². The maximum atomic E-state index is 12.8. The van der Waals surface area contributed by atoms with E-state index in [9.17, 15) is 9.59 Å². The smallest absolute Gasteiger partial charge is 0.280 e. The van der Waals surface area contributed by atoms with Crippen LogP contribution in [0.3, 0.4) is 0 Å². The summed E-state index contributed by atoms with van der Waals surface area (Å²) in [6.45, 7) is 10.1. The fourth-order valence-electron chi connectivity index (χ4n) is 2.36. The Bertz CT molecular complexity index is 739. The summed E-state index contributed by atoms with van der Waals surface area (Å²) in [7, 11) is 0. The number of aromatic nitrogens is 2.